The molecule has 2 N–H and O–H groups in total. The number of methoxy groups -OCH3 is 1. The Morgan fingerprint density at radius 3 is 1.99 bits per heavy atom. The lowest BCUT2D eigenvalue weighted by molar-refractivity contribution is -0.256. The molecule has 0 aromatic carbocycles. The molecule has 6 heterocycles. The molecule has 424 valence electrons. The largest absolute Gasteiger partial charge is 0.414 e. The molecular weight excluding hydrogens is 973 g/mol. The second kappa shape index (κ2) is 27.2. The maximum Gasteiger partial charge on any atom is 0.192 e. The molecule has 0 saturated carbocycles. The molecule has 11 unspecified atom stereocenters. The summed E-state index contributed by atoms with van der Waals surface area (Å²) in [6.07, 6.45) is 8.39. The van der Waals surface area contributed by atoms with Gasteiger partial charge in [-0.05, 0) is 116 Å². The standard InChI is InChI=1S/C58H108O12Si3/c1-16-26-47-56(70-73(23-8,24-9)25-10)52-36-51(65-47)55-46(60)38-58(67-52,68-55)31-29-43-37-57(13,14)53(64-43)28-27-42-33-40(11)41(12)48(63-42)35-49-45(30-32-59)54(61-15)50(66-49)34-44(69-72(20-5,21-6)22-7)39-62-71(17-2,18-3)19-4/h16,40,42-56,59-60H,1,12,17-39H2,2-11,13-15H3/t40?,42?,43?,44?,45?,46?,47?,48-,49?,50-,51-,52-,53?,54-,55?,56?,58-/m1/s1. The predicted octanol–water partition coefficient (Wildman–Crippen LogP) is 12.4. The number of ether oxygens (including phenoxy) is 7. The lowest BCUT2D eigenvalue weighted by Crippen LogP contribution is -2.58. The summed E-state index contributed by atoms with van der Waals surface area (Å²) in [7, 11) is -4.00. The molecule has 0 spiro atoms. The maximum atomic E-state index is 11.4. The van der Waals surface area contributed by atoms with Crippen LogP contribution in [0.5, 0.6) is 0 Å². The molecule has 6 rings (SSSR count). The summed E-state index contributed by atoms with van der Waals surface area (Å²) in [6.45, 7) is 36.9. The summed E-state index contributed by atoms with van der Waals surface area (Å²) >= 11 is 0. The first kappa shape index (κ1) is 61.9. The third-order valence-corrected chi connectivity index (χ3v) is 34.0. The van der Waals surface area contributed by atoms with Crippen LogP contribution < -0.4 is 0 Å². The second-order valence-electron chi connectivity index (χ2n) is 24.3. The normalized spacial score (nSPS) is 37.2. The first-order valence-corrected chi connectivity index (χ1v) is 37.5. The van der Waals surface area contributed by atoms with Crippen LogP contribution in [-0.4, -0.2) is 147 Å². The molecule has 0 aromatic heterocycles. The summed E-state index contributed by atoms with van der Waals surface area (Å²) < 4.78 is 69.7. The van der Waals surface area contributed by atoms with Crippen molar-refractivity contribution in [1.82, 2.24) is 0 Å². The zero-order valence-corrected chi connectivity index (χ0v) is 51.5. The molecule has 73 heavy (non-hydrogen) atoms. The fourth-order valence-corrected chi connectivity index (χ4v) is 22.8. The van der Waals surface area contributed by atoms with E-state index in [2.05, 4.69) is 96.2 Å². The summed E-state index contributed by atoms with van der Waals surface area (Å²) in [5.41, 5.74) is 1.11. The Labute approximate surface area is 447 Å². The number of aliphatic hydroxyl groups is 2. The van der Waals surface area contributed by atoms with Crippen LogP contribution in [0.4, 0.5) is 0 Å². The van der Waals surface area contributed by atoms with Gasteiger partial charge in [0.15, 0.2) is 30.7 Å². The van der Waals surface area contributed by atoms with Gasteiger partial charge in [0, 0.05) is 51.7 Å². The van der Waals surface area contributed by atoms with Gasteiger partial charge < -0.3 is 56.6 Å². The van der Waals surface area contributed by atoms with Crippen molar-refractivity contribution in [3.63, 3.8) is 0 Å². The van der Waals surface area contributed by atoms with Crippen LogP contribution in [0.3, 0.4) is 0 Å². The van der Waals surface area contributed by atoms with Crippen molar-refractivity contribution in [3.05, 3.63) is 24.8 Å². The van der Waals surface area contributed by atoms with Gasteiger partial charge in [-0.1, -0.05) is 95.7 Å². The zero-order chi connectivity index (χ0) is 53.4. The van der Waals surface area contributed by atoms with Gasteiger partial charge in [-0.25, -0.2) is 0 Å². The first-order valence-electron chi connectivity index (χ1n) is 29.9. The third kappa shape index (κ3) is 14.3. The van der Waals surface area contributed by atoms with Gasteiger partial charge in [-0.15, -0.1) is 6.58 Å². The van der Waals surface area contributed by atoms with Crippen molar-refractivity contribution < 1.29 is 56.6 Å². The fraction of sp³-hybridized carbons (Fsp3) is 0.931. The van der Waals surface area contributed by atoms with Crippen LogP contribution >= 0.6 is 0 Å². The highest BCUT2D eigenvalue weighted by Gasteiger charge is 2.59. The quantitative estimate of drug-likeness (QED) is 0.0506. The molecule has 6 aliphatic rings. The smallest absolute Gasteiger partial charge is 0.192 e. The molecule has 12 nitrogen and oxygen atoms in total. The van der Waals surface area contributed by atoms with Crippen LogP contribution in [0.2, 0.25) is 54.4 Å². The Balaban J connectivity index is 1.09. The van der Waals surface area contributed by atoms with E-state index in [0.29, 0.717) is 57.5 Å². The number of aliphatic hydroxyl groups excluding tert-OH is 2. The van der Waals surface area contributed by atoms with Crippen molar-refractivity contribution in [2.24, 2.45) is 17.3 Å². The highest BCUT2D eigenvalue weighted by molar-refractivity contribution is 6.74. The molecular formula is C58H108O12Si3. The lowest BCUT2D eigenvalue weighted by atomic mass is 9.79. The van der Waals surface area contributed by atoms with Crippen molar-refractivity contribution >= 4 is 25.0 Å². The Morgan fingerprint density at radius 2 is 1.38 bits per heavy atom. The van der Waals surface area contributed by atoms with E-state index >= 15 is 0 Å². The van der Waals surface area contributed by atoms with Gasteiger partial charge in [0.2, 0.25) is 0 Å². The Kier molecular flexibility index (Phi) is 23.1. The van der Waals surface area contributed by atoms with Gasteiger partial charge in [-0.2, -0.15) is 0 Å². The van der Waals surface area contributed by atoms with Crippen LogP contribution in [0.15, 0.2) is 24.8 Å². The van der Waals surface area contributed by atoms with E-state index < -0.39 is 42.9 Å². The predicted molar refractivity (Wildman–Crippen MR) is 299 cm³/mol. The molecule has 0 aliphatic carbocycles. The molecule has 0 amide bonds. The minimum atomic E-state index is -1.99. The van der Waals surface area contributed by atoms with Crippen molar-refractivity contribution in [2.75, 3.05) is 20.3 Å². The van der Waals surface area contributed by atoms with Gasteiger partial charge >= 0.3 is 0 Å². The van der Waals surface area contributed by atoms with Gasteiger partial charge in [-0.3, -0.25) is 0 Å². The molecule has 17 atom stereocenters. The highest BCUT2D eigenvalue weighted by Crippen LogP contribution is 2.50. The number of fused-ring (bicyclic) bond motifs is 5. The number of hydrogen-bond acceptors (Lipinski definition) is 12. The minimum absolute atomic E-state index is 0.0169. The zero-order valence-electron chi connectivity index (χ0n) is 48.5. The van der Waals surface area contributed by atoms with Crippen LogP contribution in [0, 0.1) is 17.3 Å². The second-order valence-corrected chi connectivity index (χ2v) is 38.6. The van der Waals surface area contributed by atoms with Crippen molar-refractivity contribution in [2.45, 2.75) is 306 Å². The maximum absolute atomic E-state index is 11.4. The summed E-state index contributed by atoms with van der Waals surface area (Å²) in [4.78, 5) is 0. The van der Waals surface area contributed by atoms with E-state index in [1.165, 1.54) is 0 Å². The van der Waals surface area contributed by atoms with Gasteiger partial charge in [0.25, 0.3) is 0 Å². The molecule has 15 heteroatoms. The highest BCUT2D eigenvalue weighted by atomic mass is 28.4. The Morgan fingerprint density at radius 1 is 0.726 bits per heavy atom. The summed E-state index contributed by atoms with van der Waals surface area (Å²) in [6, 6.07) is 9.71. The lowest BCUT2D eigenvalue weighted by Gasteiger charge is -2.47. The molecule has 6 aliphatic heterocycles. The molecule has 6 fully saturated rings. The average Bonchev–Trinajstić information content (AvgIpc) is 3.97. The summed E-state index contributed by atoms with van der Waals surface area (Å²) in [5.74, 6) is -0.582. The average molecular weight is 1080 g/mol. The Bertz CT molecular complexity index is 1670. The fourth-order valence-electron chi connectivity index (χ4n) is 14.4. The molecule has 4 bridgehead atoms. The first-order chi connectivity index (χ1) is 34.9. The SMILES string of the molecule is C=CCC1O[C@@H]2C[C@@H](O[C@@]3(CCC4CC(C)(C)C(CCC5CC(C)C(=C)[C@@H](CC6O[C@H](CC(CO[Si](CC)(CC)CC)O[Si](CC)(CC)CC)[C@H](OC)C6CCO)O5)O4)CC(O)C2O3)C1O[Si](CC)(CC)CC. The molecule has 6 saturated heterocycles. The Hall–Kier alpha value is -0.349. The van der Waals surface area contributed by atoms with Crippen LogP contribution in [-0.2, 0) is 46.4 Å². The van der Waals surface area contributed by atoms with Gasteiger partial charge in [0.05, 0.1) is 86.0 Å². The van der Waals surface area contributed by atoms with E-state index in [9.17, 15) is 10.2 Å². The van der Waals surface area contributed by atoms with E-state index in [1.54, 1.807) is 7.11 Å². The third-order valence-electron chi connectivity index (χ3n) is 20.0. The topological polar surface area (TPSA) is 133 Å². The number of hydrogen-bond donors (Lipinski definition) is 2. The van der Waals surface area contributed by atoms with Crippen molar-refractivity contribution in [3.8, 4) is 0 Å². The van der Waals surface area contributed by atoms with Crippen LogP contribution in [0.1, 0.15) is 160 Å². The van der Waals surface area contributed by atoms with E-state index in [1.807, 2.05) is 6.08 Å². The van der Waals surface area contributed by atoms with E-state index in [0.717, 1.165) is 92.1 Å². The van der Waals surface area contributed by atoms with Gasteiger partial charge in [0.1, 0.15) is 6.10 Å². The molecule has 0 radical (unpaired) electrons. The van der Waals surface area contributed by atoms with E-state index in [4.69, 9.17) is 46.4 Å². The van der Waals surface area contributed by atoms with Crippen LogP contribution in [0.25, 0.3) is 0 Å². The minimum Gasteiger partial charge on any atom is -0.414 e. The number of rotatable bonds is 31. The molecule has 0 aromatic rings. The van der Waals surface area contributed by atoms with Crippen molar-refractivity contribution in [1.29, 1.82) is 0 Å². The van der Waals surface area contributed by atoms with E-state index in [-0.39, 0.29) is 91.2 Å². The monoisotopic (exact) mass is 1080 g/mol. The summed E-state index contributed by atoms with van der Waals surface area (Å²) in [5, 5.41) is 21.9.